The lowest BCUT2D eigenvalue weighted by atomic mass is 10.1. The number of hydrogen-bond acceptors (Lipinski definition) is 5. The second kappa shape index (κ2) is 7.02. The van der Waals surface area contributed by atoms with Gasteiger partial charge in [0.1, 0.15) is 17.5 Å². The molecule has 21 heavy (non-hydrogen) atoms. The van der Waals surface area contributed by atoms with E-state index >= 15 is 0 Å². The molecule has 2 aromatic heterocycles. The predicted octanol–water partition coefficient (Wildman–Crippen LogP) is 3.23. The van der Waals surface area contributed by atoms with Gasteiger partial charge in [-0.1, -0.05) is 6.92 Å². The van der Waals surface area contributed by atoms with Gasteiger partial charge < -0.3 is 10.6 Å². The molecule has 5 heteroatoms. The van der Waals surface area contributed by atoms with Crippen LogP contribution in [0.2, 0.25) is 0 Å². The Hall–Kier alpha value is -2.17. The number of nitrogens with zero attached hydrogens (tertiary/aromatic N) is 3. The van der Waals surface area contributed by atoms with Crippen LogP contribution in [-0.4, -0.2) is 21.5 Å². The Bertz CT molecular complexity index is 610. The molecule has 0 bridgehead atoms. The Balaban J connectivity index is 2.16. The molecule has 0 radical (unpaired) electrons. The van der Waals surface area contributed by atoms with Crippen LogP contribution in [0.3, 0.4) is 0 Å². The van der Waals surface area contributed by atoms with Gasteiger partial charge in [-0.05, 0) is 44.4 Å². The van der Waals surface area contributed by atoms with Gasteiger partial charge >= 0.3 is 0 Å². The summed E-state index contributed by atoms with van der Waals surface area (Å²) in [6.45, 7) is 9.82. The third-order valence-electron chi connectivity index (χ3n) is 3.38. The average Bonchev–Trinajstić information content (AvgIpc) is 2.47. The van der Waals surface area contributed by atoms with E-state index in [0.717, 1.165) is 42.5 Å². The predicted molar refractivity (Wildman–Crippen MR) is 86.6 cm³/mol. The summed E-state index contributed by atoms with van der Waals surface area (Å²) >= 11 is 0. The van der Waals surface area contributed by atoms with Crippen LogP contribution >= 0.6 is 0 Å². The van der Waals surface area contributed by atoms with Crippen LogP contribution in [0.25, 0.3) is 0 Å². The molecule has 0 atom stereocenters. The van der Waals surface area contributed by atoms with Crippen molar-refractivity contribution in [1.29, 1.82) is 0 Å². The zero-order valence-electron chi connectivity index (χ0n) is 13.2. The van der Waals surface area contributed by atoms with Crippen molar-refractivity contribution in [1.82, 2.24) is 15.0 Å². The molecule has 2 aromatic rings. The van der Waals surface area contributed by atoms with Gasteiger partial charge in [-0.15, -0.1) is 0 Å². The van der Waals surface area contributed by atoms with E-state index in [1.807, 2.05) is 32.3 Å². The van der Waals surface area contributed by atoms with Crippen LogP contribution in [-0.2, 0) is 6.54 Å². The lowest BCUT2D eigenvalue weighted by Gasteiger charge is -2.14. The van der Waals surface area contributed by atoms with Crippen LogP contribution in [0.1, 0.15) is 35.9 Å². The van der Waals surface area contributed by atoms with Crippen molar-refractivity contribution >= 4 is 11.6 Å². The van der Waals surface area contributed by atoms with Gasteiger partial charge in [0.15, 0.2) is 0 Å². The fourth-order valence-corrected chi connectivity index (χ4v) is 2.10. The maximum atomic E-state index is 4.51. The molecule has 2 N–H and O–H groups in total. The summed E-state index contributed by atoms with van der Waals surface area (Å²) in [6.07, 6.45) is 4.77. The van der Waals surface area contributed by atoms with Gasteiger partial charge in [0.25, 0.3) is 0 Å². The van der Waals surface area contributed by atoms with Crippen LogP contribution in [0, 0.1) is 20.8 Å². The molecular weight excluding hydrogens is 262 g/mol. The molecule has 112 valence electrons. The van der Waals surface area contributed by atoms with Gasteiger partial charge in [-0.25, -0.2) is 9.97 Å². The van der Waals surface area contributed by atoms with Crippen molar-refractivity contribution in [2.24, 2.45) is 0 Å². The third kappa shape index (κ3) is 3.90. The fraction of sp³-hybridized carbons (Fsp3) is 0.438. The molecule has 0 unspecified atom stereocenters. The molecule has 0 saturated carbocycles. The van der Waals surface area contributed by atoms with Crippen LogP contribution < -0.4 is 10.6 Å². The van der Waals surface area contributed by atoms with Crippen molar-refractivity contribution in [2.45, 2.75) is 40.7 Å². The average molecular weight is 285 g/mol. The molecule has 0 amide bonds. The molecule has 0 spiro atoms. The summed E-state index contributed by atoms with van der Waals surface area (Å²) in [5.74, 6) is 2.57. The molecular formula is C16H23N5. The topological polar surface area (TPSA) is 62.7 Å². The van der Waals surface area contributed by atoms with E-state index in [9.17, 15) is 0 Å². The summed E-state index contributed by atoms with van der Waals surface area (Å²) in [6, 6.07) is 2.03. The summed E-state index contributed by atoms with van der Waals surface area (Å²) in [5, 5.41) is 6.76. The summed E-state index contributed by atoms with van der Waals surface area (Å²) < 4.78 is 0. The second-order valence-electron chi connectivity index (χ2n) is 5.18. The van der Waals surface area contributed by atoms with Crippen LogP contribution in [0.4, 0.5) is 11.6 Å². The number of nitrogens with one attached hydrogen (secondary N) is 2. The highest BCUT2D eigenvalue weighted by molar-refractivity contribution is 5.57. The lowest BCUT2D eigenvalue weighted by Crippen LogP contribution is -2.11. The van der Waals surface area contributed by atoms with Gasteiger partial charge in [0, 0.05) is 31.0 Å². The molecule has 0 saturated heterocycles. The first-order valence-electron chi connectivity index (χ1n) is 7.34. The maximum absolute atomic E-state index is 4.51. The van der Waals surface area contributed by atoms with E-state index in [1.165, 1.54) is 11.1 Å². The Morgan fingerprint density at radius 1 is 1.05 bits per heavy atom. The molecule has 0 aliphatic heterocycles. The Morgan fingerprint density at radius 3 is 2.43 bits per heavy atom. The van der Waals surface area contributed by atoms with E-state index in [1.54, 1.807) is 0 Å². The van der Waals surface area contributed by atoms with Crippen LogP contribution in [0.15, 0.2) is 18.5 Å². The quantitative estimate of drug-likeness (QED) is 0.853. The Kier molecular flexibility index (Phi) is 5.09. The van der Waals surface area contributed by atoms with Crippen molar-refractivity contribution < 1.29 is 0 Å². The van der Waals surface area contributed by atoms with E-state index in [2.05, 4.69) is 39.4 Å². The molecule has 5 nitrogen and oxygen atoms in total. The monoisotopic (exact) mass is 285 g/mol. The highest BCUT2D eigenvalue weighted by Gasteiger charge is 2.09. The summed E-state index contributed by atoms with van der Waals surface area (Å²) in [7, 11) is 0. The van der Waals surface area contributed by atoms with E-state index < -0.39 is 0 Å². The van der Waals surface area contributed by atoms with E-state index in [0.29, 0.717) is 0 Å². The Labute approximate surface area is 126 Å². The maximum Gasteiger partial charge on any atom is 0.135 e. The number of rotatable bonds is 6. The van der Waals surface area contributed by atoms with Crippen molar-refractivity contribution in [3.05, 3.63) is 41.0 Å². The largest absolute Gasteiger partial charge is 0.370 e. The second-order valence-corrected chi connectivity index (χ2v) is 5.18. The highest BCUT2D eigenvalue weighted by atomic mass is 15.1. The molecule has 0 aromatic carbocycles. The summed E-state index contributed by atoms with van der Waals surface area (Å²) in [4.78, 5) is 13.1. The first-order chi connectivity index (χ1) is 10.1. The standard InChI is InChI=1S/C16H23N5/c1-5-7-18-15-12(3)16(21-13(4)20-15)19-10-14-6-8-17-9-11(14)2/h6,8-9H,5,7,10H2,1-4H3,(H2,18,19,20,21). The van der Waals surface area contributed by atoms with Gasteiger partial charge in [0.05, 0.1) is 0 Å². The number of pyridine rings is 1. The first kappa shape index (κ1) is 15.2. The minimum absolute atomic E-state index is 0.735. The van der Waals surface area contributed by atoms with Gasteiger partial charge in [0.2, 0.25) is 0 Å². The SMILES string of the molecule is CCCNc1nc(C)nc(NCc2ccncc2C)c1C. The van der Waals surface area contributed by atoms with Crippen molar-refractivity contribution in [2.75, 3.05) is 17.2 Å². The highest BCUT2D eigenvalue weighted by Crippen LogP contribution is 2.20. The minimum atomic E-state index is 0.735. The zero-order valence-corrected chi connectivity index (χ0v) is 13.2. The van der Waals surface area contributed by atoms with Crippen molar-refractivity contribution in [3.8, 4) is 0 Å². The van der Waals surface area contributed by atoms with Crippen molar-refractivity contribution in [3.63, 3.8) is 0 Å². The number of aromatic nitrogens is 3. The molecule has 0 aliphatic rings. The molecule has 0 aliphatic carbocycles. The van der Waals surface area contributed by atoms with Gasteiger partial charge in [-0.2, -0.15) is 0 Å². The third-order valence-corrected chi connectivity index (χ3v) is 3.38. The van der Waals surface area contributed by atoms with Crippen LogP contribution in [0.5, 0.6) is 0 Å². The molecule has 0 fully saturated rings. The lowest BCUT2D eigenvalue weighted by molar-refractivity contribution is 0.941. The van der Waals surface area contributed by atoms with E-state index in [-0.39, 0.29) is 0 Å². The minimum Gasteiger partial charge on any atom is -0.370 e. The fourth-order valence-electron chi connectivity index (χ4n) is 2.10. The number of anilines is 2. The zero-order chi connectivity index (χ0) is 15.2. The Morgan fingerprint density at radius 2 is 1.76 bits per heavy atom. The first-order valence-corrected chi connectivity index (χ1v) is 7.34. The number of aryl methyl sites for hydroxylation is 2. The smallest absolute Gasteiger partial charge is 0.135 e. The van der Waals surface area contributed by atoms with E-state index in [4.69, 9.17) is 0 Å². The molecule has 2 heterocycles. The summed E-state index contributed by atoms with van der Waals surface area (Å²) in [5.41, 5.74) is 3.46. The molecule has 2 rings (SSSR count). The normalized spacial score (nSPS) is 10.5. The van der Waals surface area contributed by atoms with Gasteiger partial charge in [-0.3, -0.25) is 4.98 Å². The number of hydrogen-bond donors (Lipinski definition) is 2.